The fraction of sp³-hybridized carbons (Fsp3) is 0.308. The number of fused-ring (bicyclic) bond motifs is 4. The van der Waals surface area contributed by atoms with Gasteiger partial charge in [-0.3, -0.25) is 9.79 Å². The van der Waals surface area contributed by atoms with Crippen molar-refractivity contribution in [3.8, 4) is 0 Å². The molecule has 0 radical (unpaired) electrons. The largest absolute Gasteiger partial charge is 0.326 e. The Balaban J connectivity index is 1.77. The number of aliphatic imine (C=N–C) groups is 1. The fourth-order valence-electron chi connectivity index (χ4n) is 4.99. The highest BCUT2D eigenvalue weighted by molar-refractivity contribution is 5.80. The second-order valence-corrected chi connectivity index (χ2v) is 8.01. The predicted molar refractivity (Wildman–Crippen MR) is 121 cm³/mol. The summed E-state index contributed by atoms with van der Waals surface area (Å²) in [4.78, 5) is 20.1. The maximum Gasteiger partial charge on any atom is 0.248 e. The van der Waals surface area contributed by atoms with Crippen LogP contribution in [0.3, 0.4) is 0 Å². The van der Waals surface area contributed by atoms with Crippen molar-refractivity contribution in [3.63, 3.8) is 0 Å². The normalized spacial score (nSPS) is 24.9. The van der Waals surface area contributed by atoms with Gasteiger partial charge < -0.3 is 4.98 Å². The Morgan fingerprint density at radius 3 is 2.86 bits per heavy atom. The van der Waals surface area contributed by atoms with E-state index in [0.717, 1.165) is 30.5 Å². The molecule has 2 aliphatic carbocycles. The highest BCUT2D eigenvalue weighted by atomic mass is 16.1. The number of H-pyrrole nitrogens is 1. The quantitative estimate of drug-likeness (QED) is 0.558. The summed E-state index contributed by atoms with van der Waals surface area (Å²) in [6, 6.07) is 12.1. The van der Waals surface area contributed by atoms with Crippen LogP contribution in [0.15, 0.2) is 75.6 Å². The van der Waals surface area contributed by atoms with Gasteiger partial charge in [-0.1, -0.05) is 55.0 Å². The minimum atomic E-state index is -0.426. The Labute approximate surface area is 172 Å². The van der Waals surface area contributed by atoms with Crippen LogP contribution in [0.2, 0.25) is 0 Å². The van der Waals surface area contributed by atoms with E-state index in [4.69, 9.17) is 4.99 Å². The highest BCUT2D eigenvalue weighted by Gasteiger charge is 2.46. The minimum Gasteiger partial charge on any atom is -0.326 e. The topological polar surface area (TPSA) is 45.2 Å². The minimum absolute atomic E-state index is 0.0401. The summed E-state index contributed by atoms with van der Waals surface area (Å²) in [5, 5.41) is 0. The number of hydrogen-bond acceptors (Lipinski definition) is 2. The lowest BCUT2D eigenvalue weighted by Gasteiger charge is -2.45. The zero-order valence-electron chi connectivity index (χ0n) is 17.4. The smallest absolute Gasteiger partial charge is 0.248 e. The molecule has 1 aromatic carbocycles. The van der Waals surface area contributed by atoms with Crippen LogP contribution in [0.5, 0.6) is 0 Å². The van der Waals surface area contributed by atoms with Crippen molar-refractivity contribution in [2.75, 3.05) is 0 Å². The number of pyridine rings is 1. The van der Waals surface area contributed by atoms with Gasteiger partial charge in [-0.25, -0.2) is 0 Å². The van der Waals surface area contributed by atoms with E-state index in [0.29, 0.717) is 5.92 Å². The molecule has 29 heavy (non-hydrogen) atoms. The molecule has 1 heterocycles. The summed E-state index contributed by atoms with van der Waals surface area (Å²) >= 11 is 0. The van der Waals surface area contributed by atoms with Crippen LogP contribution >= 0.6 is 0 Å². The molecule has 2 aromatic rings. The van der Waals surface area contributed by atoms with E-state index < -0.39 is 5.54 Å². The highest BCUT2D eigenvalue weighted by Crippen LogP contribution is 2.51. The Bertz CT molecular complexity index is 1100. The molecule has 0 amide bonds. The van der Waals surface area contributed by atoms with Gasteiger partial charge in [0.2, 0.25) is 5.56 Å². The maximum absolute atomic E-state index is 11.9. The van der Waals surface area contributed by atoms with Crippen LogP contribution in [0.25, 0.3) is 6.08 Å². The van der Waals surface area contributed by atoms with E-state index in [-0.39, 0.29) is 5.56 Å². The molecular weight excluding hydrogens is 356 g/mol. The van der Waals surface area contributed by atoms with E-state index >= 15 is 0 Å². The maximum atomic E-state index is 11.9. The van der Waals surface area contributed by atoms with Crippen molar-refractivity contribution in [3.05, 3.63) is 98.5 Å². The third-order valence-corrected chi connectivity index (χ3v) is 6.17. The monoisotopic (exact) mass is 384 g/mol. The third-order valence-electron chi connectivity index (χ3n) is 6.17. The molecule has 0 saturated heterocycles. The molecule has 4 rings (SSSR count). The van der Waals surface area contributed by atoms with E-state index in [1.807, 2.05) is 18.4 Å². The number of aromatic nitrogens is 1. The van der Waals surface area contributed by atoms with Gasteiger partial charge in [0.15, 0.2) is 0 Å². The van der Waals surface area contributed by atoms with Crippen molar-refractivity contribution in [1.29, 1.82) is 0 Å². The summed E-state index contributed by atoms with van der Waals surface area (Å²) in [7, 11) is 0. The molecule has 2 atom stereocenters. The Morgan fingerprint density at radius 2 is 2.07 bits per heavy atom. The number of nitrogens with one attached hydrogen (secondary N) is 1. The van der Waals surface area contributed by atoms with Crippen LogP contribution in [0, 0.1) is 5.92 Å². The van der Waals surface area contributed by atoms with Crippen LogP contribution in [-0.2, 0) is 18.4 Å². The number of nitrogens with zero attached hydrogens (tertiary/aromatic N) is 1. The number of benzene rings is 1. The number of allylic oxidation sites excluding steroid dienone is 3. The molecule has 0 aliphatic heterocycles. The first-order valence-corrected chi connectivity index (χ1v) is 10.4. The van der Waals surface area contributed by atoms with Crippen LogP contribution in [0.4, 0.5) is 0 Å². The van der Waals surface area contributed by atoms with Crippen molar-refractivity contribution >= 4 is 12.3 Å². The zero-order chi connectivity index (χ0) is 20.4. The Hall–Kier alpha value is -2.94. The van der Waals surface area contributed by atoms with Gasteiger partial charge in [-0.2, -0.15) is 0 Å². The van der Waals surface area contributed by atoms with Crippen molar-refractivity contribution < 1.29 is 0 Å². The van der Waals surface area contributed by atoms with Gasteiger partial charge in [-0.05, 0) is 55.5 Å². The standard InChI is InChI=1S/C26H28N2O/c1-4-19-9-6-7-10-20(19)11-8-14-27-26-17-18(3)15-21(22(26)5-2)16-24-23(26)12-13-25(29)28-24/h5-15,21H,4,16-17H2,1-3H3,(H,28,29)/b11-8+,22-5?,27-14?. The van der Waals surface area contributed by atoms with Crippen LogP contribution in [-0.4, -0.2) is 11.2 Å². The molecule has 0 saturated carbocycles. The fourth-order valence-corrected chi connectivity index (χ4v) is 4.99. The summed E-state index contributed by atoms with van der Waals surface area (Å²) in [5.41, 5.74) is 6.95. The molecule has 2 aliphatic rings. The van der Waals surface area contributed by atoms with E-state index in [1.165, 1.54) is 22.3 Å². The summed E-state index contributed by atoms with van der Waals surface area (Å²) in [6.07, 6.45) is 13.4. The van der Waals surface area contributed by atoms with E-state index in [1.54, 1.807) is 6.07 Å². The molecule has 2 bridgehead atoms. The molecule has 3 nitrogen and oxygen atoms in total. The molecule has 3 heteroatoms. The van der Waals surface area contributed by atoms with Gasteiger partial charge in [0.05, 0.1) is 0 Å². The lowest BCUT2D eigenvalue weighted by Crippen LogP contribution is -2.40. The molecule has 2 unspecified atom stereocenters. The number of aryl methyl sites for hydroxylation is 1. The zero-order valence-corrected chi connectivity index (χ0v) is 17.4. The number of aromatic amines is 1. The molecule has 148 valence electrons. The first kappa shape index (κ1) is 19.4. The Morgan fingerprint density at radius 1 is 1.24 bits per heavy atom. The average molecular weight is 385 g/mol. The molecule has 0 fully saturated rings. The molecule has 1 aromatic heterocycles. The SMILES string of the molecule is CC=C1C2C=C(C)CC1(N=C/C=C/c1ccccc1CC)c1ccc(=O)[nH]c1C2. The summed E-state index contributed by atoms with van der Waals surface area (Å²) in [6.45, 7) is 6.47. The molecule has 0 spiro atoms. The first-order chi connectivity index (χ1) is 14.1. The second-order valence-electron chi connectivity index (χ2n) is 8.01. The Kier molecular flexibility index (Phi) is 5.23. The van der Waals surface area contributed by atoms with Crippen molar-refractivity contribution in [1.82, 2.24) is 4.98 Å². The van der Waals surface area contributed by atoms with Gasteiger partial charge in [0.1, 0.15) is 5.54 Å². The number of hydrogen-bond donors (Lipinski definition) is 1. The van der Waals surface area contributed by atoms with Gasteiger partial charge >= 0.3 is 0 Å². The average Bonchev–Trinajstić information content (AvgIpc) is 2.70. The number of rotatable bonds is 4. The van der Waals surface area contributed by atoms with Crippen molar-refractivity contribution in [2.24, 2.45) is 10.9 Å². The van der Waals surface area contributed by atoms with E-state index in [2.05, 4.69) is 68.2 Å². The molecule has 1 N–H and O–H groups in total. The van der Waals surface area contributed by atoms with Gasteiger partial charge in [0, 0.05) is 35.9 Å². The lowest BCUT2D eigenvalue weighted by molar-refractivity contribution is 0.413. The lowest BCUT2D eigenvalue weighted by atomic mass is 9.63. The van der Waals surface area contributed by atoms with Gasteiger partial charge in [0.25, 0.3) is 0 Å². The molecular formula is C26H28N2O. The summed E-state index contributed by atoms with van der Waals surface area (Å²) < 4.78 is 0. The van der Waals surface area contributed by atoms with Crippen molar-refractivity contribution in [2.45, 2.75) is 45.6 Å². The second kappa shape index (κ2) is 7.82. The van der Waals surface area contributed by atoms with Crippen LogP contribution in [0.1, 0.15) is 49.6 Å². The predicted octanol–water partition coefficient (Wildman–Crippen LogP) is 5.39. The first-order valence-electron chi connectivity index (χ1n) is 10.4. The third kappa shape index (κ3) is 3.46. The van der Waals surface area contributed by atoms with Gasteiger partial charge in [-0.15, -0.1) is 0 Å². The van der Waals surface area contributed by atoms with Crippen LogP contribution < -0.4 is 5.56 Å². The summed E-state index contributed by atoms with van der Waals surface area (Å²) in [5.74, 6) is 0.293. The van der Waals surface area contributed by atoms with E-state index in [9.17, 15) is 4.79 Å².